The predicted octanol–water partition coefficient (Wildman–Crippen LogP) is 6.68. The van der Waals surface area contributed by atoms with Crippen LogP contribution in [0.25, 0.3) is 0 Å². The fourth-order valence-corrected chi connectivity index (χ4v) is 7.31. The molecular weight excluding hydrogens is 625 g/mol. The zero-order chi connectivity index (χ0) is 32.7. The lowest BCUT2D eigenvalue weighted by atomic mass is 10.0. The summed E-state index contributed by atoms with van der Waals surface area (Å²) in [6.07, 6.45) is 3.95. The highest BCUT2D eigenvalue weighted by molar-refractivity contribution is 7.92. The molecule has 0 unspecified atom stereocenters. The smallest absolute Gasteiger partial charge is 0.264 e. The maximum absolute atomic E-state index is 14.5. The molecule has 5 rings (SSSR count). The van der Waals surface area contributed by atoms with Crippen molar-refractivity contribution in [1.29, 1.82) is 0 Å². The van der Waals surface area contributed by atoms with Crippen LogP contribution in [0.15, 0.2) is 108 Å². The minimum atomic E-state index is -4.28. The molecule has 0 heterocycles. The van der Waals surface area contributed by atoms with Crippen LogP contribution in [0, 0.1) is 12.7 Å². The molecular formula is C36H37ClFN3O4S. The van der Waals surface area contributed by atoms with E-state index >= 15 is 0 Å². The third-order valence-corrected chi connectivity index (χ3v) is 10.4. The van der Waals surface area contributed by atoms with Crippen molar-refractivity contribution in [3.05, 3.63) is 131 Å². The topological polar surface area (TPSA) is 86.8 Å². The number of sulfonamides is 1. The molecule has 1 fully saturated rings. The minimum absolute atomic E-state index is 0.000618. The van der Waals surface area contributed by atoms with Crippen LogP contribution in [0.2, 0.25) is 5.02 Å². The van der Waals surface area contributed by atoms with Gasteiger partial charge in [-0.25, -0.2) is 12.8 Å². The highest BCUT2D eigenvalue weighted by atomic mass is 35.5. The molecule has 0 bridgehead atoms. The van der Waals surface area contributed by atoms with E-state index in [2.05, 4.69) is 5.32 Å². The molecule has 0 aromatic heterocycles. The van der Waals surface area contributed by atoms with E-state index in [9.17, 15) is 22.4 Å². The minimum Gasteiger partial charge on any atom is -0.352 e. The maximum Gasteiger partial charge on any atom is 0.264 e. The molecule has 240 valence electrons. The van der Waals surface area contributed by atoms with Crippen molar-refractivity contribution in [1.82, 2.24) is 10.2 Å². The van der Waals surface area contributed by atoms with E-state index in [-0.39, 0.29) is 35.5 Å². The zero-order valence-electron chi connectivity index (χ0n) is 25.6. The Morgan fingerprint density at radius 3 is 2.17 bits per heavy atom. The van der Waals surface area contributed by atoms with Gasteiger partial charge in [0.25, 0.3) is 10.0 Å². The second-order valence-electron chi connectivity index (χ2n) is 11.6. The lowest BCUT2D eigenvalue weighted by Crippen LogP contribution is -2.54. The van der Waals surface area contributed by atoms with Crippen molar-refractivity contribution in [2.45, 2.75) is 62.6 Å². The average molecular weight is 662 g/mol. The molecule has 46 heavy (non-hydrogen) atoms. The number of hydrogen-bond donors (Lipinski definition) is 1. The molecule has 2 amide bonds. The maximum atomic E-state index is 14.5. The van der Waals surface area contributed by atoms with Crippen molar-refractivity contribution in [2.75, 3.05) is 10.8 Å². The Balaban J connectivity index is 1.57. The van der Waals surface area contributed by atoms with E-state index in [4.69, 9.17) is 11.6 Å². The molecule has 1 saturated carbocycles. The number of carbonyl (C=O) groups is 2. The van der Waals surface area contributed by atoms with Gasteiger partial charge in [0.2, 0.25) is 11.8 Å². The highest BCUT2D eigenvalue weighted by Crippen LogP contribution is 2.27. The molecule has 10 heteroatoms. The van der Waals surface area contributed by atoms with Crippen LogP contribution in [0.4, 0.5) is 10.1 Å². The van der Waals surface area contributed by atoms with Crippen LogP contribution in [-0.2, 0) is 32.6 Å². The fraction of sp³-hybridized carbons (Fsp3) is 0.278. The summed E-state index contributed by atoms with van der Waals surface area (Å²) in [6.45, 7) is 1.18. The summed E-state index contributed by atoms with van der Waals surface area (Å²) in [4.78, 5) is 30.0. The first kappa shape index (κ1) is 33.2. The number of benzene rings is 4. The molecule has 1 aliphatic carbocycles. The number of halogens is 2. The number of aryl methyl sites for hydroxylation is 1. The fourth-order valence-electron chi connectivity index (χ4n) is 5.71. The van der Waals surface area contributed by atoms with Crippen molar-refractivity contribution < 1.29 is 22.4 Å². The van der Waals surface area contributed by atoms with Gasteiger partial charge in [-0.2, -0.15) is 0 Å². The summed E-state index contributed by atoms with van der Waals surface area (Å²) in [5, 5.41) is 3.56. The number of hydrogen-bond acceptors (Lipinski definition) is 4. The third kappa shape index (κ3) is 8.13. The number of carbonyl (C=O) groups excluding carboxylic acids is 2. The van der Waals surface area contributed by atoms with Gasteiger partial charge in [0.15, 0.2) is 0 Å². The second kappa shape index (κ2) is 14.9. The molecule has 4 aromatic rings. The first-order chi connectivity index (χ1) is 22.1. The quantitative estimate of drug-likeness (QED) is 0.184. The van der Waals surface area contributed by atoms with Gasteiger partial charge in [-0.1, -0.05) is 90.7 Å². The molecule has 7 nitrogen and oxygen atoms in total. The number of anilines is 1. The van der Waals surface area contributed by atoms with E-state index in [0.717, 1.165) is 53.2 Å². The van der Waals surface area contributed by atoms with Crippen molar-refractivity contribution in [3.8, 4) is 0 Å². The Morgan fingerprint density at radius 2 is 1.52 bits per heavy atom. The standard InChI is InChI=1S/C36H37ClFN3O4S/c1-26-15-21-32(22-16-26)46(44,45)41(31-19-17-29(38)18-20-31)25-35(42)40(24-28-11-5-8-14-33(28)37)34(23-27-9-3-2-4-10-27)36(43)39-30-12-6-7-13-30/h2-5,8-11,14-22,30,34H,6-7,12-13,23-25H2,1H3,(H,39,43)/t34-/m0/s1. The molecule has 1 atom stereocenters. The monoisotopic (exact) mass is 661 g/mol. The summed E-state index contributed by atoms with van der Waals surface area (Å²) in [5.74, 6) is -1.47. The predicted molar refractivity (Wildman–Crippen MR) is 178 cm³/mol. The zero-order valence-corrected chi connectivity index (χ0v) is 27.2. The number of rotatable bonds is 12. The molecule has 4 aromatic carbocycles. The van der Waals surface area contributed by atoms with Gasteiger partial charge in [-0.05, 0) is 73.4 Å². The molecule has 0 aliphatic heterocycles. The Hall–Kier alpha value is -4.21. The van der Waals surface area contributed by atoms with Crippen LogP contribution >= 0.6 is 11.6 Å². The Morgan fingerprint density at radius 1 is 0.891 bits per heavy atom. The summed E-state index contributed by atoms with van der Waals surface area (Å²) >= 11 is 6.56. The Kier molecular flexibility index (Phi) is 10.8. The van der Waals surface area contributed by atoms with Gasteiger partial charge >= 0.3 is 0 Å². The third-order valence-electron chi connectivity index (χ3n) is 8.27. The van der Waals surface area contributed by atoms with Gasteiger partial charge < -0.3 is 10.2 Å². The summed E-state index contributed by atoms with van der Waals surface area (Å²) in [7, 11) is -4.28. The second-order valence-corrected chi connectivity index (χ2v) is 13.9. The van der Waals surface area contributed by atoms with E-state index in [1.165, 1.54) is 29.2 Å². The van der Waals surface area contributed by atoms with Crippen molar-refractivity contribution >= 4 is 39.1 Å². The van der Waals surface area contributed by atoms with Crippen LogP contribution in [0.5, 0.6) is 0 Å². The van der Waals surface area contributed by atoms with Crippen molar-refractivity contribution in [3.63, 3.8) is 0 Å². The molecule has 1 N–H and O–H groups in total. The Labute approximate surface area is 275 Å². The largest absolute Gasteiger partial charge is 0.352 e. The number of amides is 2. The highest BCUT2D eigenvalue weighted by Gasteiger charge is 2.35. The molecule has 0 radical (unpaired) electrons. The van der Waals surface area contributed by atoms with Crippen LogP contribution in [0.3, 0.4) is 0 Å². The summed E-state index contributed by atoms with van der Waals surface area (Å²) < 4.78 is 43.1. The Bertz CT molecular complexity index is 1750. The normalized spacial score (nSPS) is 14.1. The van der Waals surface area contributed by atoms with Gasteiger partial charge in [0, 0.05) is 24.0 Å². The first-order valence-corrected chi connectivity index (χ1v) is 17.2. The van der Waals surface area contributed by atoms with Crippen molar-refractivity contribution in [2.24, 2.45) is 0 Å². The van der Waals surface area contributed by atoms with E-state index < -0.39 is 34.3 Å². The van der Waals surface area contributed by atoms with Gasteiger partial charge in [0.1, 0.15) is 18.4 Å². The average Bonchev–Trinajstić information content (AvgIpc) is 3.56. The van der Waals surface area contributed by atoms with Gasteiger partial charge in [-0.3, -0.25) is 13.9 Å². The summed E-state index contributed by atoms with van der Waals surface area (Å²) in [5.41, 5.74) is 2.43. The SMILES string of the molecule is Cc1ccc(S(=O)(=O)N(CC(=O)N(Cc2ccccc2Cl)[C@@H](Cc2ccccc2)C(=O)NC2CCCC2)c2ccc(F)cc2)cc1. The van der Waals surface area contributed by atoms with Crippen LogP contribution in [0.1, 0.15) is 42.4 Å². The van der Waals surface area contributed by atoms with E-state index in [0.29, 0.717) is 10.6 Å². The first-order valence-electron chi connectivity index (χ1n) is 15.3. The lowest BCUT2D eigenvalue weighted by molar-refractivity contribution is -0.140. The van der Waals surface area contributed by atoms with Crippen LogP contribution in [-0.4, -0.2) is 43.8 Å². The van der Waals surface area contributed by atoms with Crippen LogP contribution < -0.4 is 9.62 Å². The van der Waals surface area contributed by atoms with Gasteiger partial charge in [0.05, 0.1) is 10.6 Å². The molecule has 0 saturated heterocycles. The molecule has 1 aliphatic rings. The van der Waals surface area contributed by atoms with E-state index in [1.54, 1.807) is 36.4 Å². The lowest BCUT2D eigenvalue weighted by Gasteiger charge is -2.34. The number of nitrogens with zero attached hydrogens (tertiary/aromatic N) is 2. The van der Waals surface area contributed by atoms with E-state index in [1.807, 2.05) is 37.3 Å². The van der Waals surface area contributed by atoms with Gasteiger partial charge in [-0.15, -0.1) is 0 Å². The number of nitrogens with one attached hydrogen (secondary N) is 1. The molecule has 0 spiro atoms. The summed E-state index contributed by atoms with van der Waals surface area (Å²) in [6, 6.07) is 26.7.